The maximum atomic E-state index is 12.8. The Hall–Kier alpha value is -3.57. The third-order valence-electron chi connectivity index (χ3n) is 8.35. The van der Waals surface area contributed by atoms with E-state index in [0.717, 1.165) is 68.6 Å². The molecule has 0 spiro atoms. The van der Waals surface area contributed by atoms with E-state index in [1.54, 1.807) is 37.7 Å². The van der Waals surface area contributed by atoms with E-state index in [1.165, 1.54) is 17.7 Å². The van der Waals surface area contributed by atoms with Crippen molar-refractivity contribution in [3.05, 3.63) is 65.2 Å². The Morgan fingerprint density at radius 3 is 2.64 bits per heavy atom. The number of hydrogen-bond donors (Lipinski definition) is 4. The minimum absolute atomic E-state index is 0.0222. The molecule has 1 saturated carbocycles. The number of carbonyl (C=O) groups is 1. The maximum Gasteiger partial charge on any atom is 0.323 e. The zero-order valence-electron chi connectivity index (χ0n) is 24.3. The second kappa shape index (κ2) is 14.1. The van der Waals surface area contributed by atoms with Gasteiger partial charge in [0.25, 0.3) is 0 Å². The lowest BCUT2D eigenvalue weighted by Gasteiger charge is -2.29. The number of benzene rings is 1. The van der Waals surface area contributed by atoms with Crippen LogP contribution in [0.3, 0.4) is 0 Å². The fourth-order valence-corrected chi connectivity index (χ4v) is 6.89. The molecule has 3 aromatic rings. The van der Waals surface area contributed by atoms with Gasteiger partial charge in [0, 0.05) is 36.0 Å². The first-order valence-corrected chi connectivity index (χ1v) is 15.9. The largest absolute Gasteiger partial charge is 0.497 e. The van der Waals surface area contributed by atoms with E-state index in [-0.39, 0.29) is 6.54 Å². The van der Waals surface area contributed by atoms with Crippen LogP contribution in [-0.4, -0.2) is 56.5 Å². The molecule has 1 fully saturated rings. The van der Waals surface area contributed by atoms with Gasteiger partial charge in [-0.15, -0.1) is 0 Å². The summed E-state index contributed by atoms with van der Waals surface area (Å²) in [7, 11) is -0.152. The highest BCUT2D eigenvalue weighted by molar-refractivity contribution is 7.83. The number of aliphatic carboxylic acids is 1. The Kier molecular flexibility index (Phi) is 10.0. The van der Waals surface area contributed by atoms with Gasteiger partial charge in [-0.25, -0.2) is 23.9 Å². The number of aryl methyl sites for hydroxylation is 1. The normalized spacial score (nSPS) is 19.7. The average Bonchev–Trinajstić information content (AvgIpc) is 3.03. The summed E-state index contributed by atoms with van der Waals surface area (Å²) in [6.45, 7) is 3.09. The van der Waals surface area contributed by atoms with Gasteiger partial charge in [0.05, 0.1) is 12.0 Å². The number of nitrogens with zero attached hydrogens (tertiary/aromatic N) is 3. The van der Waals surface area contributed by atoms with Gasteiger partial charge in [-0.1, -0.05) is 13.0 Å². The molecule has 0 bridgehead atoms. The molecule has 1 aliphatic heterocycles. The molecule has 2 atom stereocenters. The van der Waals surface area contributed by atoms with Gasteiger partial charge in [-0.2, -0.15) is 0 Å². The first kappa shape index (κ1) is 29.9. The summed E-state index contributed by atoms with van der Waals surface area (Å²) in [6.07, 6.45) is 9.89. The lowest BCUT2D eigenvalue weighted by atomic mass is 9.78. The summed E-state index contributed by atoms with van der Waals surface area (Å²) in [5, 5.41) is 16.4. The number of aromatic nitrogens is 3. The Morgan fingerprint density at radius 1 is 1.14 bits per heavy atom. The van der Waals surface area contributed by atoms with E-state index in [1.807, 2.05) is 0 Å². The summed E-state index contributed by atoms with van der Waals surface area (Å²) in [6, 6.07) is 10.1. The Labute approximate surface area is 249 Å². The molecule has 1 unspecified atom stereocenters. The summed E-state index contributed by atoms with van der Waals surface area (Å²) >= 11 is 0. The fourth-order valence-electron chi connectivity index (χ4n) is 5.93. The van der Waals surface area contributed by atoms with Gasteiger partial charge < -0.3 is 20.5 Å². The highest BCUT2D eigenvalue weighted by atomic mass is 32.2. The topological polar surface area (TPSA) is 138 Å². The van der Waals surface area contributed by atoms with Crippen molar-refractivity contribution < 1.29 is 18.8 Å². The van der Waals surface area contributed by atoms with Gasteiger partial charge in [-0.3, -0.25) is 4.79 Å². The van der Waals surface area contributed by atoms with Crippen molar-refractivity contribution in [1.82, 2.24) is 19.7 Å². The molecule has 1 aliphatic carbocycles. The van der Waals surface area contributed by atoms with Crippen LogP contribution in [0.1, 0.15) is 67.5 Å². The number of fused-ring (bicyclic) bond motifs is 1. The summed E-state index contributed by atoms with van der Waals surface area (Å²) in [5.41, 5.74) is 4.55. The Balaban J connectivity index is 1.18. The first-order valence-electron chi connectivity index (χ1n) is 14.8. The van der Waals surface area contributed by atoms with Gasteiger partial charge in [0.15, 0.2) is 0 Å². The smallest absolute Gasteiger partial charge is 0.323 e. The molecule has 42 heavy (non-hydrogen) atoms. The third-order valence-corrected chi connectivity index (χ3v) is 9.54. The van der Waals surface area contributed by atoms with Crippen LogP contribution >= 0.6 is 0 Å². The van der Waals surface area contributed by atoms with Crippen LogP contribution in [0.2, 0.25) is 0 Å². The standard InChI is InChI=1S/C31H40N6O4S/c1-3-25-27(17-20-6-8-21(9-7-20)26-15-10-22-5-4-16-32-29(22)36-26)34-19-35-30(25)33-18-28(31(38)39)37-42(40)24-13-11-23(41-2)12-14-24/h10-15,19-21,28,37H,3-9,16-18H2,1-2H3,(H,32,36)(H,38,39)(H,33,34,35)/t20?,21?,28-,42?/m0/s1. The number of ether oxygens (including phenoxy) is 1. The quantitative estimate of drug-likeness (QED) is 0.240. The predicted octanol–water partition coefficient (Wildman–Crippen LogP) is 4.49. The van der Waals surface area contributed by atoms with Crippen molar-refractivity contribution in [2.45, 2.75) is 75.1 Å². The SMILES string of the molecule is CCc1c(CC2CCC(c3ccc4c(n3)NCCC4)CC2)ncnc1NC[C@H](NS(=O)c1ccc(OC)cc1)C(=O)O. The molecule has 4 N–H and O–H groups in total. The zero-order valence-corrected chi connectivity index (χ0v) is 25.1. The lowest BCUT2D eigenvalue weighted by Crippen LogP contribution is -2.43. The Morgan fingerprint density at radius 2 is 1.93 bits per heavy atom. The van der Waals surface area contributed by atoms with Gasteiger partial charge in [0.2, 0.25) is 0 Å². The molecule has 0 amide bonds. The van der Waals surface area contributed by atoms with Crippen LogP contribution in [0, 0.1) is 5.92 Å². The van der Waals surface area contributed by atoms with Crippen molar-refractivity contribution in [2.24, 2.45) is 5.92 Å². The average molecular weight is 593 g/mol. The van der Waals surface area contributed by atoms with E-state index in [2.05, 4.69) is 44.4 Å². The van der Waals surface area contributed by atoms with Crippen molar-refractivity contribution >= 4 is 28.6 Å². The van der Waals surface area contributed by atoms with Crippen LogP contribution in [0.4, 0.5) is 11.6 Å². The van der Waals surface area contributed by atoms with Gasteiger partial charge >= 0.3 is 5.97 Å². The number of hydrogen-bond acceptors (Lipinski definition) is 8. The molecule has 0 saturated heterocycles. The Bertz CT molecular complexity index is 1390. The van der Waals surface area contributed by atoms with Crippen molar-refractivity contribution in [1.29, 1.82) is 0 Å². The van der Waals surface area contributed by atoms with E-state index < -0.39 is 23.0 Å². The first-order chi connectivity index (χ1) is 20.4. The minimum Gasteiger partial charge on any atom is -0.497 e. The summed E-state index contributed by atoms with van der Waals surface area (Å²) in [5.74, 6) is 2.26. The number of nitrogens with one attached hydrogen (secondary N) is 3. The molecular weight excluding hydrogens is 552 g/mol. The van der Waals surface area contributed by atoms with Crippen LogP contribution in [-0.2, 0) is 35.0 Å². The highest BCUT2D eigenvalue weighted by Crippen LogP contribution is 2.38. The molecule has 11 heteroatoms. The number of methoxy groups -OCH3 is 1. The van der Waals surface area contributed by atoms with Gasteiger partial charge in [-0.05, 0) is 93.2 Å². The number of carboxylic acid groups (broad SMARTS) is 1. The number of pyridine rings is 1. The highest BCUT2D eigenvalue weighted by Gasteiger charge is 2.26. The van der Waals surface area contributed by atoms with Crippen LogP contribution in [0.5, 0.6) is 5.75 Å². The summed E-state index contributed by atoms with van der Waals surface area (Å²) in [4.78, 5) is 26.5. The lowest BCUT2D eigenvalue weighted by molar-refractivity contribution is -0.138. The molecule has 3 heterocycles. The number of rotatable bonds is 12. The second-order valence-corrected chi connectivity index (χ2v) is 12.3. The van der Waals surface area contributed by atoms with E-state index in [0.29, 0.717) is 28.3 Å². The third kappa shape index (κ3) is 7.25. The molecule has 0 radical (unpaired) electrons. The zero-order chi connectivity index (χ0) is 29.5. The van der Waals surface area contributed by atoms with Crippen LogP contribution in [0.25, 0.3) is 0 Å². The summed E-state index contributed by atoms with van der Waals surface area (Å²) < 4.78 is 20.6. The monoisotopic (exact) mass is 592 g/mol. The van der Waals surface area contributed by atoms with Crippen molar-refractivity contribution in [3.63, 3.8) is 0 Å². The van der Waals surface area contributed by atoms with Gasteiger partial charge in [0.1, 0.15) is 40.7 Å². The van der Waals surface area contributed by atoms with Crippen molar-refractivity contribution in [2.75, 3.05) is 30.8 Å². The minimum atomic E-state index is -1.70. The van der Waals surface area contributed by atoms with Crippen molar-refractivity contribution in [3.8, 4) is 5.75 Å². The molecule has 224 valence electrons. The molecule has 2 aliphatic rings. The van der Waals surface area contributed by atoms with Crippen LogP contribution in [0.15, 0.2) is 47.6 Å². The molecule has 1 aromatic carbocycles. The van der Waals surface area contributed by atoms with E-state index in [9.17, 15) is 14.1 Å². The molecule has 2 aromatic heterocycles. The molecule has 10 nitrogen and oxygen atoms in total. The molecule has 5 rings (SSSR count). The predicted molar refractivity (Wildman–Crippen MR) is 163 cm³/mol. The molecular formula is C31H40N6O4S. The van der Waals surface area contributed by atoms with Crippen LogP contribution < -0.4 is 20.1 Å². The fraction of sp³-hybridized carbons (Fsp3) is 0.484. The number of carboxylic acids is 1. The van der Waals surface area contributed by atoms with E-state index >= 15 is 0 Å². The number of anilines is 2. The maximum absolute atomic E-state index is 12.8. The van der Waals surface area contributed by atoms with E-state index in [4.69, 9.17) is 9.72 Å². The second-order valence-electron chi connectivity index (χ2n) is 11.0.